The minimum atomic E-state index is -1.04. The number of carbonyl (C=O) groups is 3. The number of alkyl carbamates (subject to hydrolysis) is 1. The van der Waals surface area contributed by atoms with Gasteiger partial charge in [0.15, 0.2) is 0 Å². The first kappa shape index (κ1) is 28.1. The standard InChI is InChI=1S/C32H36N4O5/c1-31(2,3)41-30(39)33-25(20-40-26-16-10-14-23-13-8-9-15-24(23)26)28(37)36-18-17-27-32(21-36,29(38)35(4)34-27)19-22-11-6-5-7-12-22/h5-16,25H,17-21H2,1-4H3,(H,33,39)/t25?,32-/m1/s1. The third-order valence-electron chi connectivity index (χ3n) is 7.41. The van der Waals surface area contributed by atoms with Crippen LogP contribution < -0.4 is 10.1 Å². The number of piperidine rings is 1. The van der Waals surface area contributed by atoms with E-state index in [9.17, 15) is 14.4 Å². The van der Waals surface area contributed by atoms with Crippen LogP contribution in [0.15, 0.2) is 77.9 Å². The van der Waals surface area contributed by atoms with Crippen molar-refractivity contribution in [3.8, 4) is 5.75 Å². The van der Waals surface area contributed by atoms with Crippen molar-refractivity contribution < 1.29 is 23.9 Å². The van der Waals surface area contributed by atoms with Crippen LogP contribution in [0.2, 0.25) is 0 Å². The first-order valence-electron chi connectivity index (χ1n) is 13.8. The Morgan fingerprint density at radius 3 is 2.49 bits per heavy atom. The molecule has 1 unspecified atom stereocenters. The Morgan fingerprint density at radius 2 is 1.73 bits per heavy atom. The molecule has 3 aromatic carbocycles. The van der Waals surface area contributed by atoms with E-state index in [1.807, 2.05) is 72.8 Å². The fraction of sp³-hybridized carbons (Fsp3) is 0.375. The Bertz CT molecular complexity index is 1480. The molecule has 0 aliphatic carbocycles. The molecular weight excluding hydrogens is 520 g/mol. The third-order valence-corrected chi connectivity index (χ3v) is 7.41. The van der Waals surface area contributed by atoms with Crippen LogP contribution in [0, 0.1) is 5.41 Å². The van der Waals surface area contributed by atoms with Crippen molar-refractivity contribution in [2.75, 3.05) is 26.7 Å². The fourth-order valence-electron chi connectivity index (χ4n) is 5.55. The predicted molar refractivity (Wildman–Crippen MR) is 157 cm³/mol. The molecule has 0 spiro atoms. The molecule has 3 aromatic rings. The van der Waals surface area contributed by atoms with Crippen molar-refractivity contribution in [1.82, 2.24) is 15.2 Å². The molecular formula is C32H36N4O5. The van der Waals surface area contributed by atoms with Crippen molar-refractivity contribution in [1.29, 1.82) is 0 Å². The summed E-state index contributed by atoms with van der Waals surface area (Å²) >= 11 is 0. The van der Waals surface area contributed by atoms with Crippen molar-refractivity contribution in [2.45, 2.75) is 45.3 Å². The average Bonchev–Trinajstić information content (AvgIpc) is 3.18. The van der Waals surface area contributed by atoms with Gasteiger partial charge >= 0.3 is 6.09 Å². The van der Waals surface area contributed by atoms with E-state index in [4.69, 9.17) is 9.47 Å². The number of nitrogens with zero attached hydrogens (tertiary/aromatic N) is 3. The van der Waals surface area contributed by atoms with E-state index < -0.39 is 23.2 Å². The van der Waals surface area contributed by atoms with E-state index in [-0.39, 0.29) is 25.0 Å². The largest absolute Gasteiger partial charge is 0.490 e. The number of rotatable bonds is 7. The Balaban J connectivity index is 1.40. The van der Waals surface area contributed by atoms with Gasteiger partial charge in [-0.05, 0) is 44.2 Å². The molecule has 2 aliphatic heterocycles. The monoisotopic (exact) mass is 556 g/mol. The lowest BCUT2D eigenvalue weighted by Crippen LogP contribution is -2.60. The summed E-state index contributed by atoms with van der Waals surface area (Å²) in [5.74, 6) is 0.121. The van der Waals surface area contributed by atoms with Crippen LogP contribution in [0.3, 0.4) is 0 Å². The molecule has 9 heteroatoms. The van der Waals surface area contributed by atoms with E-state index in [0.29, 0.717) is 25.1 Å². The molecule has 1 N–H and O–H groups in total. The lowest BCUT2D eigenvalue weighted by molar-refractivity contribution is -0.141. The maximum Gasteiger partial charge on any atom is 0.408 e. The van der Waals surface area contributed by atoms with Crippen LogP contribution >= 0.6 is 0 Å². The summed E-state index contributed by atoms with van der Waals surface area (Å²) < 4.78 is 11.6. The second kappa shape index (κ2) is 11.2. The molecule has 1 fully saturated rings. The minimum absolute atomic E-state index is 0.108. The summed E-state index contributed by atoms with van der Waals surface area (Å²) in [6.07, 6.45) is 0.168. The van der Waals surface area contributed by atoms with Gasteiger partial charge in [0, 0.05) is 31.9 Å². The molecule has 0 bridgehead atoms. The summed E-state index contributed by atoms with van der Waals surface area (Å²) in [5, 5.41) is 10.6. The number of benzene rings is 3. The Morgan fingerprint density at radius 1 is 1.02 bits per heavy atom. The highest BCUT2D eigenvalue weighted by Crippen LogP contribution is 2.38. The number of hydrazone groups is 1. The van der Waals surface area contributed by atoms with Gasteiger partial charge in [-0.1, -0.05) is 66.7 Å². The molecule has 0 radical (unpaired) electrons. The van der Waals surface area contributed by atoms with Gasteiger partial charge < -0.3 is 19.7 Å². The van der Waals surface area contributed by atoms with Crippen molar-refractivity contribution >= 4 is 34.4 Å². The van der Waals surface area contributed by atoms with E-state index in [2.05, 4.69) is 10.4 Å². The zero-order valence-corrected chi connectivity index (χ0v) is 23.9. The molecule has 5 rings (SSSR count). The fourth-order valence-corrected chi connectivity index (χ4v) is 5.55. The molecule has 2 aliphatic rings. The number of nitrogens with one attached hydrogen (secondary N) is 1. The Hall–Kier alpha value is -4.40. The number of carbonyl (C=O) groups excluding carboxylic acids is 3. The van der Waals surface area contributed by atoms with E-state index in [0.717, 1.165) is 22.0 Å². The number of fused-ring (bicyclic) bond motifs is 2. The quantitative estimate of drug-likeness (QED) is 0.465. The molecule has 2 atom stereocenters. The maximum absolute atomic E-state index is 14.1. The minimum Gasteiger partial charge on any atom is -0.490 e. The molecule has 1 saturated heterocycles. The van der Waals surface area contributed by atoms with Crippen LogP contribution in [0.4, 0.5) is 4.79 Å². The van der Waals surface area contributed by atoms with Gasteiger partial charge in [-0.2, -0.15) is 5.10 Å². The third kappa shape index (κ3) is 6.04. The molecule has 3 amide bonds. The van der Waals surface area contributed by atoms with Crippen molar-refractivity contribution in [3.63, 3.8) is 0 Å². The Kier molecular flexibility index (Phi) is 7.71. The van der Waals surface area contributed by atoms with Gasteiger partial charge in [0.05, 0.1) is 5.71 Å². The van der Waals surface area contributed by atoms with Crippen molar-refractivity contribution in [2.24, 2.45) is 10.5 Å². The summed E-state index contributed by atoms with van der Waals surface area (Å²) in [4.78, 5) is 42.1. The zero-order chi connectivity index (χ0) is 29.2. The van der Waals surface area contributed by atoms with Gasteiger partial charge in [-0.3, -0.25) is 9.59 Å². The molecule has 0 aromatic heterocycles. The molecule has 214 valence electrons. The van der Waals surface area contributed by atoms with Crippen LogP contribution in [-0.4, -0.2) is 71.9 Å². The van der Waals surface area contributed by atoms with E-state index >= 15 is 0 Å². The summed E-state index contributed by atoms with van der Waals surface area (Å²) in [6.45, 7) is 5.70. The van der Waals surface area contributed by atoms with Gasteiger partial charge in [0.25, 0.3) is 5.91 Å². The number of amides is 3. The van der Waals surface area contributed by atoms with E-state index in [1.165, 1.54) is 5.01 Å². The normalized spacial score (nSPS) is 19.4. The van der Waals surface area contributed by atoms with Crippen LogP contribution in [0.5, 0.6) is 5.75 Å². The van der Waals surface area contributed by atoms with Crippen LogP contribution in [0.25, 0.3) is 10.8 Å². The zero-order valence-electron chi connectivity index (χ0n) is 23.9. The number of ether oxygens (including phenoxy) is 2. The van der Waals surface area contributed by atoms with E-state index in [1.54, 1.807) is 32.7 Å². The second-order valence-corrected chi connectivity index (χ2v) is 11.6. The predicted octanol–water partition coefficient (Wildman–Crippen LogP) is 4.40. The average molecular weight is 557 g/mol. The number of hydrogen-bond donors (Lipinski definition) is 1. The lowest BCUT2D eigenvalue weighted by atomic mass is 9.73. The molecule has 41 heavy (non-hydrogen) atoms. The molecule has 9 nitrogen and oxygen atoms in total. The van der Waals surface area contributed by atoms with Gasteiger partial charge in [0.1, 0.15) is 29.4 Å². The highest BCUT2D eigenvalue weighted by atomic mass is 16.6. The number of hydrogen-bond acceptors (Lipinski definition) is 6. The van der Waals surface area contributed by atoms with Crippen molar-refractivity contribution in [3.05, 3.63) is 78.4 Å². The summed E-state index contributed by atoms with van der Waals surface area (Å²) in [5.41, 5.74) is 0.0600. The summed E-state index contributed by atoms with van der Waals surface area (Å²) in [7, 11) is 1.65. The topological polar surface area (TPSA) is 101 Å². The van der Waals surface area contributed by atoms with Gasteiger partial charge in [0.2, 0.25) is 5.91 Å². The van der Waals surface area contributed by atoms with Crippen LogP contribution in [-0.2, 0) is 20.7 Å². The van der Waals surface area contributed by atoms with Gasteiger partial charge in [-0.15, -0.1) is 0 Å². The first-order chi connectivity index (χ1) is 19.6. The maximum atomic E-state index is 14.1. The second-order valence-electron chi connectivity index (χ2n) is 11.6. The first-order valence-corrected chi connectivity index (χ1v) is 13.8. The van der Waals surface area contributed by atoms with Gasteiger partial charge in [-0.25, -0.2) is 9.80 Å². The van der Waals surface area contributed by atoms with Crippen LogP contribution in [0.1, 0.15) is 32.8 Å². The highest BCUT2D eigenvalue weighted by molar-refractivity contribution is 6.13. The SMILES string of the molecule is CN1N=C2CCN(C(=O)C(COc3cccc4ccccc34)NC(=O)OC(C)(C)C)C[C@@]2(Cc2ccccc2)C1=O. The summed E-state index contributed by atoms with van der Waals surface area (Å²) in [6, 6.07) is 22.2. The number of likely N-dealkylation sites (tertiary alicyclic amines) is 1. The lowest BCUT2D eigenvalue weighted by Gasteiger charge is -2.40. The Labute approximate surface area is 240 Å². The molecule has 0 saturated carbocycles. The highest BCUT2D eigenvalue weighted by Gasteiger charge is 2.54. The molecule has 2 heterocycles. The smallest absolute Gasteiger partial charge is 0.408 e.